The van der Waals surface area contributed by atoms with Gasteiger partial charge in [0.1, 0.15) is 24.4 Å². The van der Waals surface area contributed by atoms with Gasteiger partial charge in [-0.3, -0.25) is 0 Å². The zero-order chi connectivity index (χ0) is 15.3. The molecule has 8 heteroatoms. The lowest BCUT2D eigenvalue weighted by Gasteiger charge is -2.25. The highest BCUT2D eigenvalue weighted by Gasteiger charge is 2.29. The summed E-state index contributed by atoms with van der Waals surface area (Å²) in [6.45, 7) is 2.46. The van der Waals surface area contributed by atoms with Crippen LogP contribution in [0.3, 0.4) is 0 Å². The maximum absolute atomic E-state index is 9.31. The lowest BCUT2D eigenvalue weighted by Crippen LogP contribution is -2.47. The summed E-state index contributed by atoms with van der Waals surface area (Å²) in [4.78, 5) is 0. The molecule has 0 aromatic heterocycles. The van der Waals surface area contributed by atoms with Crippen molar-refractivity contribution in [1.29, 1.82) is 0 Å². The van der Waals surface area contributed by atoms with Gasteiger partial charge < -0.3 is 40.5 Å². The minimum absolute atomic E-state index is 0.125. The van der Waals surface area contributed by atoms with Crippen molar-refractivity contribution in [1.82, 2.24) is 0 Å². The van der Waals surface area contributed by atoms with Gasteiger partial charge in [-0.2, -0.15) is 0 Å². The summed E-state index contributed by atoms with van der Waals surface area (Å²) in [7, 11) is 0. The standard InChI is InChI=1S/C9H18O6.C2H6O2/c1-2-3-15-5-7(12)9(14)8(13)6(11)4-10;3-1-2-4/h2,6-14H,1,3-5H2;3-4H,1-2H2. The van der Waals surface area contributed by atoms with Crippen LogP contribution >= 0.6 is 0 Å². The molecule has 116 valence electrons. The molecule has 0 saturated heterocycles. The molecule has 0 radical (unpaired) electrons. The summed E-state index contributed by atoms with van der Waals surface area (Å²) in [6.07, 6.45) is -4.54. The largest absolute Gasteiger partial charge is 0.394 e. The van der Waals surface area contributed by atoms with Crippen molar-refractivity contribution >= 4 is 0 Å². The number of hydrogen-bond donors (Lipinski definition) is 7. The maximum atomic E-state index is 9.31. The van der Waals surface area contributed by atoms with Gasteiger partial charge in [0.2, 0.25) is 0 Å². The Morgan fingerprint density at radius 2 is 1.37 bits per heavy atom. The Morgan fingerprint density at radius 1 is 0.895 bits per heavy atom. The summed E-state index contributed by atoms with van der Waals surface area (Å²) in [5.41, 5.74) is 0. The van der Waals surface area contributed by atoms with E-state index in [9.17, 15) is 15.3 Å². The molecule has 0 aliphatic heterocycles. The van der Waals surface area contributed by atoms with Crippen LogP contribution in [0.5, 0.6) is 0 Å². The third kappa shape index (κ3) is 11.0. The topological polar surface area (TPSA) is 151 Å². The van der Waals surface area contributed by atoms with Crippen molar-refractivity contribution in [2.75, 3.05) is 33.0 Å². The fourth-order valence-corrected chi connectivity index (χ4v) is 0.934. The number of aliphatic hydroxyl groups excluding tert-OH is 7. The Balaban J connectivity index is 0. The molecule has 0 aromatic rings. The van der Waals surface area contributed by atoms with Gasteiger partial charge in [0.05, 0.1) is 33.0 Å². The number of rotatable bonds is 9. The predicted octanol–water partition coefficient (Wildman–Crippen LogP) is -3.40. The van der Waals surface area contributed by atoms with Gasteiger partial charge in [-0.25, -0.2) is 0 Å². The Kier molecular flexibility index (Phi) is 15.1. The van der Waals surface area contributed by atoms with E-state index in [1.54, 1.807) is 0 Å². The van der Waals surface area contributed by atoms with Crippen LogP contribution in [0.25, 0.3) is 0 Å². The highest BCUT2D eigenvalue weighted by molar-refractivity contribution is 4.80. The SMILES string of the molecule is C=CCOCC(O)C(O)C(O)C(O)CO.OCCO. The van der Waals surface area contributed by atoms with E-state index in [0.717, 1.165) is 0 Å². The first kappa shape index (κ1) is 20.7. The van der Waals surface area contributed by atoms with Crippen LogP contribution in [0.2, 0.25) is 0 Å². The summed E-state index contributed by atoms with van der Waals surface area (Å²) in [5.74, 6) is 0. The first-order valence-corrected chi connectivity index (χ1v) is 5.69. The van der Waals surface area contributed by atoms with Gasteiger partial charge in [0.25, 0.3) is 0 Å². The second kappa shape index (κ2) is 13.8. The van der Waals surface area contributed by atoms with Crippen molar-refractivity contribution in [3.05, 3.63) is 12.7 Å². The van der Waals surface area contributed by atoms with Gasteiger partial charge >= 0.3 is 0 Å². The van der Waals surface area contributed by atoms with Gasteiger partial charge in [0.15, 0.2) is 0 Å². The quantitative estimate of drug-likeness (QED) is 0.171. The van der Waals surface area contributed by atoms with Crippen LogP contribution in [0.4, 0.5) is 0 Å². The molecule has 0 aromatic carbocycles. The zero-order valence-corrected chi connectivity index (χ0v) is 10.7. The normalized spacial score (nSPS) is 16.8. The average molecular weight is 284 g/mol. The molecule has 0 fully saturated rings. The first-order chi connectivity index (χ1) is 8.95. The van der Waals surface area contributed by atoms with Gasteiger partial charge in [0, 0.05) is 0 Å². The van der Waals surface area contributed by atoms with Crippen LogP contribution in [-0.2, 0) is 4.74 Å². The minimum atomic E-state index is -1.61. The van der Waals surface area contributed by atoms with Crippen LogP contribution in [0, 0.1) is 0 Å². The fourth-order valence-electron chi connectivity index (χ4n) is 0.934. The van der Waals surface area contributed by atoms with Crippen LogP contribution in [0.15, 0.2) is 12.7 Å². The Labute approximate surface area is 111 Å². The van der Waals surface area contributed by atoms with E-state index in [1.807, 2.05) is 0 Å². The Bertz CT molecular complexity index is 199. The van der Waals surface area contributed by atoms with E-state index in [4.69, 9.17) is 25.2 Å². The molecule has 0 saturated carbocycles. The number of aliphatic hydroxyl groups is 7. The molecular formula is C11H24O8. The Morgan fingerprint density at radius 3 is 1.74 bits per heavy atom. The lowest BCUT2D eigenvalue weighted by molar-refractivity contribution is -0.127. The molecule has 0 heterocycles. The summed E-state index contributed by atoms with van der Waals surface area (Å²) in [5, 5.41) is 60.6. The predicted molar refractivity (Wildman–Crippen MR) is 66.3 cm³/mol. The molecule has 7 N–H and O–H groups in total. The van der Waals surface area contributed by atoms with Crippen molar-refractivity contribution < 1.29 is 40.5 Å². The molecule has 0 spiro atoms. The molecule has 4 unspecified atom stereocenters. The van der Waals surface area contributed by atoms with E-state index in [-0.39, 0.29) is 26.4 Å². The molecule has 0 amide bonds. The Hall–Kier alpha value is -0.580. The summed E-state index contributed by atoms with van der Waals surface area (Å²) >= 11 is 0. The van der Waals surface area contributed by atoms with Crippen molar-refractivity contribution in [3.63, 3.8) is 0 Å². The average Bonchev–Trinajstić information content (AvgIpc) is 2.45. The number of ether oxygens (including phenoxy) is 1. The highest BCUT2D eigenvalue weighted by atomic mass is 16.5. The van der Waals surface area contributed by atoms with E-state index in [1.165, 1.54) is 6.08 Å². The lowest BCUT2D eigenvalue weighted by atomic mass is 10.0. The molecular weight excluding hydrogens is 260 g/mol. The molecule has 19 heavy (non-hydrogen) atoms. The van der Waals surface area contributed by atoms with E-state index in [2.05, 4.69) is 6.58 Å². The van der Waals surface area contributed by atoms with Crippen molar-refractivity contribution in [2.45, 2.75) is 24.4 Å². The van der Waals surface area contributed by atoms with Crippen molar-refractivity contribution in [3.8, 4) is 0 Å². The number of hydrogen-bond acceptors (Lipinski definition) is 8. The van der Waals surface area contributed by atoms with E-state index < -0.39 is 31.0 Å². The molecule has 8 nitrogen and oxygen atoms in total. The van der Waals surface area contributed by atoms with E-state index in [0.29, 0.717) is 0 Å². The second-order valence-electron chi connectivity index (χ2n) is 3.57. The minimum Gasteiger partial charge on any atom is -0.394 e. The van der Waals surface area contributed by atoms with Crippen LogP contribution < -0.4 is 0 Å². The van der Waals surface area contributed by atoms with Gasteiger partial charge in [-0.1, -0.05) is 6.08 Å². The fraction of sp³-hybridized carbons (Fsp3) is 0.818. The second-order valence-corrected chi connectivity index (χ2v) is 3.57. The third-order valence-corrected chi connectivity index (χ3v) is 1.95. The van der Waals surface area contributed by atoms with Crippen LogP contribution in [0.1, 0.15) is 0 Å². The van der Waals surface area contributed by atoms with E-state index >= 15 is 0 Å². The first-order valence-electron chi connectivity index (χ1n) is 5.69. The van der Waals surface area contributed by atoms with Crippen LogP contribution in [-0.4, -0.2) is 93.2 Å². The monoisotopic (exact) mass is 284 g/mol. The smallest absolute Gasteiger partial charge is 0.111 e. The molecule has 0 aliphatic rings. The molecule has 0 aliphatic carbocycles. The molecule has 0 bridgehead atoms. The zero-order valence-electron chi connectivity index (χ0n) is 10.7. The maximum Gasteiger partial charge on any atom is 0.111 e. The van der Waals surface area contributed by atoms with Crippen molar-refractivity contribution in [2.24, 2.45) is 0 Å². The highest BCUT2D eigenvalue weighted by Crippen LogP contribution is 2.05. The summed E-state index contributed by atoms with van der Waals surface area (Å²) < 4.78 is 4.85. The molecule has 4 atom stereocenters. The van der Waals surface area contributed by atoms with Gasteiger partial charge in [-0.05, 0) is 0 Å². The molecule has 0 rings (SSSR count). The summed E-state index contributed by atoms with van der Waals surface area (Å²) in [6, 6.07) is 0. The van der Waals surface area contributed by atoms with Gasteiger partial charge in [-0.15, -0.1) is 6.58 Å². The third-order valence-electron chi connectivity index (χ3n) is 1.95.